The Morgan fingerprint density at radius 3 is 0.897 bits per heavy atom. The van der Waals surface area contributed by atoms with Gasteiger partial charge in [-0.2, -0.15) is 13.2 Å². The molecule has 3 aromatic heterocycles. The van der Waals surface area contributed by atoms with Gasteiger partial charge in [0, 0.05) is 27.1 Å². The van der Waals surface area contributed by atoms with Crippen LogP contribution in [0.5, 0.6) is 0 Å². The number of rotatable bonds is 7. The van der Waals surface area contributed by atoms with Crippen LogP contribution in [0.4, 0.5) is 13.2 Å². The molecular weight excluding hydrogens is 848 g/mol. The van der Waals surface area contributed by atoms with E-state index in [1.165, 1.54) is 0 Å². The van der Waals surface area contributed by atoms with E-state index in [1.807, 2.05) is 194 Å². The van der Waals surface area contributed by atoms with Crippen LogP contribution in [-0.4, -0.2) is 24.1 Å². The summed E-state index contributed by atoms with van der Waals surface area (Å²) in [6, 6.07) is 67.2. The first-order valence-corrected chi connectivity index (χ1v) is 22.5. The number of alkyl halides is 3. The summed E-state index contributed by atoms with van der Waals surface area (Å²) in [6.07, 6.45) is -4.87. The first-order chi connectivity index (χ1) is 33.2. The summed E-state index contributed by atoms with van der Waals surface area (Å²) >= 11 is 0. The lowest BCUT2D eigenvalue weighted by Gasteiger charge is -2.23. The maximum atomic E-state index is 17.1. The molecule has 0 aliphatic rings. The zero-order chi connectivity index (χ0) is 46.1. The molecule has 0 aliphatic heterocycles. The number of hydrogen-bond donors (Lipinski definition) is 0. The van der Waals surface area contributed by atoms with Gasteiger partial charge in [-0.05, 0) is 94.8 Å². The highest BCUT2D eigenvalue weighted by atomic mass is 19.4. The molecule has 0 aliphatic carbocycles. The second-order valence-electron chi connectivity index (χ2n) is 17.2. The van der Waals surface area contributed by atoms with Crippen molar-refractivity contribution in [2.24, 2.45) is 0 Å². The van der Waals surface area contributed by atoms with Gasteiger partial charge in [0.05, 0.1) is 33.4 Å². The lowest BCUT2D eigenvalue weighted by molar-refractivity contribution is -0.137. The van der Waals surface area contributed by atoms with Crippen molar-refractivity contribution in [3.05, 3.63) is 223 Å². The highest BCUT2D eigenvalue weighted by Crippen LogP contribution is 2.47. The van der Waals surface area contributed by atoms with E-state index in [1.54, 1.807) is 35.1 Å². The SMILES string of the molecule is Cc1nc(C)nc(-c2cc(-n3c4cc(-c5ccccc5)ccc4c4ccc(-c5ccccc5)cc43)c(C(F)(F)F)c(-n3c4cc(-c5ccccc5)ccc4c4ccc(-c5ccccc5)cc43)c2)n1. The van der Waals surface area contributed by atoms with Crippen LogP contribution in [0.1, 0.15) is 17.2 Å². The highest BCUT2D eigenvalue weighted by molar-refractivity contribution is 6.13. The van der Waals surface area contributed by atoms with Crippen molar-refractivity contribution >= 4 is 43.6 Å². The Morgan fingerprint density at radius 2 is 0.618 bits per heavy atom. The molecule has 5 nitrogen and oxygen atoms in total. The molecule has 326 valence electrons. The predicted octanol–water partition coefficient (Wildman–Crippen LogP) is 16.0. The molecule has 12 rings (SSSR count). The third kappa shape index (κ3) is 7.00. The van der Waals surface area contributed by atoms with Crippen LogP contribution in [0.2, 0.25) is 0 Å². The molecule has 68 heavy (non-hydrogen) atoms. The van der Waals surface area contributed by atoms with Gasteiger partial charge in [0.1, 0.15) is 17.2 Å². The second-order valence-corrected chi connectivity index (χ2v) is 17.2. The predicted molar refractivity (Wildman–Crippen MR) is 270 cm³/mol. The fourth-order valence-electron chi connectivity index (χ4n) is 9.93. The van der Waals surface area contributed by atoms with Gasteiger partial charge in [-0.3, -0.25) is 0 Å². The first-order valence-electron chi connectivity index (χ1n) is 22.5. The Kier molecular flexibility index (Phi) is 9.65. The molecule has 0 radical (unpaired) electrons. The Labute approximate surface area is 390 Å². The van der Waals surface area contributed by atoms with E-state index in [4.69, 9.17) is 9.97 Å². The van der Waals surface area contributed by atoms with Crippen molar-refractivity contribution in [3.63, 3.8) is 0 Å². The standard InChI is InChI=1S/C60H40F3N5/c1-37-64-38(2)66-59(65-37)47-35-56(67-52-31-43(39-15-7-3-8-16-39)23-27-48(52)49-28-24-44(32-53(49)67)40-17-9-4-10-18-40)58(60(61,62)63)57(36-47)68-54-33-45(41-19-11-5-12-20-41)25-29-50(54)51-30-26-46(34-55(51)68)42-21-13-6-14-22-42/h3-36H,1-2H3. The minimum absolute atomic E-state index is 0.0513. The zero-order valence-corrected chi connectivity index (χ0v) is 37.0. The zero-order valence-electron chi connectivity index (χ0n) is 37.0. The van der Waals surface area contributed by atoms with Gasteiger partial charge in [0.2, 0.25) is 0 Å². The fraction of sp³-hybridized carbons (Fsp3) is 0.0500. The quantitative estimate of drug-likeness (QED) is 0.160. The van der Waals surface area contributed by atoms with E-state index >= 15 is 13.2 Å². The summed E-state index contributed by atoms with van der Waals surface area (Å²) < 4.78 is 54.8. The molecule has 0 fully saturated rings. The minimum Gasteiger partial charge on any atom is -0.308 e. The van der Waals surface area contributed by atoms with E-state index in [2.05, 4.69) is 4.98 Å². The normalized spacial score (nSPS) is 11.9. The largest absolute Gasteiger partial charge is 0.420 e. The van der Waals surface area contributed by atoms with Crippen LogP contribution in [0.3, 0.4) is 0 Å². The van der Waals surface area contributed by atoms with Gasteiger partial charge in [0.15, 0.2) is 5.82 Å². The Bertz CT molecular complexity index is 3460. The van der Waals surface area contributed by atoms with E-state index in [0.717, 1.165) is 66.1 Å². The van der Waals surface area contributed by atoms with Gasteiger partial charge in [-0.25, -0.2) is 15.0 Å². The molecule has 0 saturated heterocycles. The van der Waals surface area contributed by atoms with E-state index < -0.39 is 11.7 Å². The maximum Gasteiger partial charge on any atom is 0.420 e. The van der Waals surface area contributed by atoms with Crippen molar-refractivity contribution in [2.75, 3.05) is 0 Å². The molecular formula is C60H40F3N5. The van der Waals surface area contributed by atoms with Crippen LogP contribution in [-0.2, 0) is 6.18 Å². The smallest absolute Gasteiger partial charge is 0.308 e. The van der Waals surface area contributed by atoms with Crippen LogP contribution in [0.25, 0.3) is 111 Å². The van der Waals surface area contributed by atoms with Gasteiger partial charge in [0.25, 0.3) is 0 Å². The number of halogens is 3. The van der Waals surface area contributed by atoms with Crippen LogP contribution in [0, 0.1) is 13.8 Å². The van der Waals surface area contributed by atoms with Crippen molar-refractivity contribution in [1.82, 2.24) is 24.1 Å². The highest BCUT2D eigenvalue weighted by Gasteiger charge is 2.40. The van der Waals surface area contributed by atoms with E-state index in [0.29, 0.717) is 39.3 Å². The lowest BCUT2D eigenvalue weighted by Crippen LogP contribution is -2.16. The molecule has 0 amide bonds. The van der Waals surface area contributed by atoms with E-state index in [9.17, 15) is 0 Å². The van der Waals surface area contributed by atoms with Crippen LogP contribution >= 0.6 is 0 Å². The Balaban J connectivity index is 1.27. The molecule has 0 spiro atoms. The van der Waals surface area contributed by atoms with Crippen molar-refractivity contribution < 1.29 is 13.2 Å². The Hall–Kier alpha value is -8.62. The average Bonchev–Trinajstić information content (AvgIpc) is 3.87. The summed E-state index contributed by atoms with van der Waals surface area (Å²) in [5.41, 5.74) is 9.34. The molecule has 8 heteroatoms. The number of aryl methyl sites for hydroxylation is 2. The molecule has 0 unspecified atom stereocenters. The number of nitrogens with zero attached hydrogens (tertiary/aromatic N) is 5. The molecule has 0 atom stereocenters. The summed E-state index contributed by atoms with van der Waals surface area (Å²) in [5.74, 6) is 1.20. The number of aromatic nitrogens is 5. The topological polar surface area (TPSA) is 48.5 Å². The first kappa shape index (κ1) is 40.9. The lowest BCUT2D eigenvalue weighted by atomic mass is 10.0. The molecule has 0 bridgehead atoms. The van der Waals surface area contributed by atoms with Gasteiger partial charge in [-0.15, -0.1) is 0 Å². The number of hydrogen-bond acceptors (Lipinski definition) is 3. The molecule has 9 aromatic carbocycles. The van der Waals surface area contributed by atoms with Crippen LogP contribution in [0.15, 0.2) is 206 Å². The van der Waals surface area contributed by atoms with Crippen molar-refractivity contribution in [1.29, 1.82) is 0 Å². The van der Waals surface area contributed by atoms with Crippen molar-refractivity contribution in [2.45, 2.75) is 20.0 Å². The third-order valence-corrected chi connectivity index (χ3v) is 12.9. The third-order valence-electron chi connectivity index (χ3n) is 12.9. The fourth-order valence-corrected chi connectivity index (χ4v) is 9.93. The maximum absolute atomic E-state index is 17.1. The molecule has 0 N–H and O–H groups in total. The average molecular weight is 888 g/mol. The summed E-state index contributed by atoms with van der Waals surface area (Å²) in [7, 11) is 0. The van der Waals surface area contributed by atoms with Crippen LogP contribution < -0.4 is 0 Å². The summed E-state index contributed by atoms with van der Waals surface area (Å²) in [6.45, 7) is 3.55. The molecule has 0 saturated carbocycles. The van der Waals surface area contributed by atoms with Gasteiger partial charge < -0.3 is 9.13 Å². The Morgan fingerprint density at radius 1 is 0.324 bits per heavy atom. The number of fused-ring (bicyclic) bond motifs is 6. The molecule has 3 heterocycles. The second kappa shape index (κ2) is 16.1. The van der Waals surface area contributed by atoms with Crippen molar-refractivity contribution in [3.8, 4) is 67.3 Å². The van der Waals surface area contributed by atoms with Gasteiger partial charge >= 0.3 is 6.18 Å². The summed E-state index contributed by atoms with van der Waals surface area (Å²) in [5, 5.41) is 3.29. The van der Waals surface area contributed by atoms with Gasteiger partial charge in [-0.1, -0.05) is 170 Å². The number of benzene rings is 9. The molecule has 12 aromatic rings. The summed E-state index contributed by atoms with van der Waals surface area (Å²) in [4.78, 5) is 14.0. The monoisotopic (exact) mass is 887 g/mol. The minimum atomic E-state index is -4.87. The van der Waals surface area contributed by atoms with E-state index in [-0.39, 0.29) is 17.2 Å².